The van der Waals surface area contributed by atoms with Gasteiger partial charge in [0.15, 0.2) is 0 Å². The van der Waals surface area contributed by atoms with Crippen LogP contribution in [0.15, 0.2) is 45.5 Å². The number of halogens is 1. The van der Waals surface area contributed by atoms with Gasteiger partial charge in [-0.25, -0.2) is 8.42 Å². The molecule has 0 bridgehead atoms. The molecule has 0 saturated carbocycles. The number of hydrogen-bond donors (Lipinski definition) is 1. The van der Waals surface area contributed by atoms with Crippen molar-refractivity contribution in [1.29, 1.82) is 0 Å². The third kappa shape index (κ3) is 3.00. The Bertz CT molecular complexity index is 652. The first-order valence-electron chi connectivity index (χ1n) is 4.94. The van der Waals surface area contributed by atoms with Crippen molar-refractivity contribution in [2.45, 2.75) is 9.10 Å². The van der Waals surface area contributed by atoms with E-state index in [-0.39, 0.29) is 4.21 Å². The summed E-state index contributed by atoms with van der Waals surface area (Å²) in [5, 5.41) is 0. The van der Waals surface area contributed by atoms with Gasteiger partial charge < -0.3 is 0 Å². The minimum Gasteiger partial charge on any atom is -0.278 e. The molecule has 0 saturated heterocycles. The molecule has 0 unspecified atom stereocenters. The molecule has 2 aromatic rings. The van der Waals surface area contributed by atoms with Crippen molar-refractivity contribution in [2.75, 3.05) is 11.0 Å². The maximum Gasteiger partial charge on any atom is 0.271 e. The van der Waals surface area contributed by atoms with Crippen LogP contribution in [0.5, 0.6) is 0 Å². The molecule has 1 aromatic carbocycles. The minimum absolute atomic E-state index is 0.211. The predicted molar refractivity (Wildman–Crippen MR) is 78.4 cm³/mol. The molecule has 2 rings (SSSR count). The van der Waals surface area contributed by atoms with E-state index in [0.717, 1.165) is 16.2 Å². The van der Waals surface area contributed by atoms with E-state index in [1.165, 1.54) is 17.8 Å². The second-order valence-electron chi connectivity index (χ2n) is 3.36. The summed E-state index contributed by atoms with van der Waals surface area (Å²) in [5.41, 5.74) is 0.578. The first kappa shape index (κ1) is 13.7. The van der Waals surface area contributed by atoms with Crippen LogP contribution in [0.1, 0.15) is 0 Å². The normalized spacial score (nSPS) is 11.4. The molecule has 1 heterocycles. The molecule has 0 fully saturated rings. The van der Waals surface area contributed by atoms with Gasteiger partial charge in [-0.1, -0.05) is 23.7 Å². The van der Waals surface area contributed by atoms with Crippen LogP contribution < -0.4 is 4.72 Å². The molecule has 0 amide bonds. The molecule has 0 aliphatic heterocycles. The average molecular weight is 320 g/mol. The van der Waals surface area contributed by atoms with Gasteiger partial charge in [0.1, 0.15) is 4.21 Å². The second-order valence-corrected chi connectivity index (χ2v) is 7.84. The van der Waals surface area contributed by atoms with Crippen LogP contribution in [0.4, 0.5) is 5.69 Å². The maximum atomic E-state index is 12.1. The maximum absolute atomic E-state index is 12.1. The predicted octanol–water partition coefficient (Wildman–Crippen LogP) is 3.92. The van der Waals surface area contributed by atoms with E-state index in [2.05, 4.69) is 4.72 Å². The number of para-hydroxylation sites is 1. The van der Waals surface area contributed by atoms with Gasteiger partial charge in [-0.2, -0.15) is 0 Å². The first-order chi connectivity index (χ1) is 8.53. The Labute approximate surface area is 119 Å². The van der Waals surface area contributed by atoms with Gasteiger partial charge in [0, 0.05) is 4.90 Å². The SMILES string of the molecule is CSc1ccccc1NS(=O)(=O)c1ccc(Cl)s1. The third-order valence-electron chi connectivity index (χ3n) is 2.16. The number of thiophene rings is 1. The highest BCUT2D eigenvalue weighted by molar-refractivity contribution is 7.99. The molecule has 3 nitrogen and oxygen atoms in total. The molecule has 1 aromatic heterocycles. The number of nitrogens with one attached hydrogen (secondary N) is 1. The van der Waals surface area contributed by atoms with Crippen LogP contribution in [0.2, 0.25) is 4.34 Å². The van der Waals surface area contributed by atoms with Gasteiger partial charge in [0.2, 0.25) is 0 Å². The van der Waals surface area contributed by atoms with Crippen LogP contribution >= 0.6 is 34.7 Å². The Hall–Kier alpha value is -0.690. The first-order valence-corrected chi connectivity index (χ1v) is 8.84. The van der Waals surface area contributed by atoms with E-state index in [4.69, 9.17) is 11.6 Å². The Morgan fingerprint density at radius 3 is 2.56 bits per heavy atom. The van der Waals surface area contributed by atoms with Gasteiger partial charge in [-0.15, -0.1) is 23.1 Å². The van der Waals surface area contributed by atoms with Gasteiger partial charge in [0.05, 0.1) is 10.0 Å². The van der Waals surface area contributed by atoms with E-state index in [1.54, 1.807) is 18.2 Å². The quantitative estimate of drug-likeness (QED) is 0.869. The summed E-state index contributed by atoms with van der Waals surface area (Å²) in [7, 11) is -3.55. The Kier molecular flexibility index (Phi) is 4.21. The smallest absolute Gasteiger partial charge is 0.271 e. The Morgan fingerprint density at radius 1 is 1.22 bits per heavy atom. The summed E-state index contributed by atoms with van der Waals surface area (Å²) >= 11 is 8.27. The summed E-state index contributed by atoms with van der Waals surface area (Å²) in [6, 6.07) is 10.3. The van der Waals surface area contributed by atoms with Gasteiger partial charge >= 0.3 is 0 Å². The van der Waals surface area contributed by atoms with Crippen LogP contribution in [0.3, 0.4) is 0 Å². The summed E-state index contributed by atoms with van der Waals surface area (Å²) in [6.07, 6.45) is 1.90. The van der Waals surface area contributed by atoms with E-state index in [0.29, 0.717) is 10.0 Å². The summed E-state index contributed by atoms with van der Waals surface area (Å²) < 4.78 is 27.5. The lowest BCUT2D eigenvalue weighted by Gasteiger charge is -2.09. The molecular formula is C11H10ClNO2S3. The fraction of sp³-hybridized carbons (Fsp3) is 0.0909. The highest BCUT2D eigenvalue weighted by Crippen LogP contribution is 2.30. The lowest BCUT2D eigenvalue weighted by Crippen LogP contribution is -2.11. The minimum atomic E-state index is -3.55. The van der Waals surface area contributed by atoms with Crippen molar-refractivity contribution >= 4 is 50.4 Å². The van der Waals surface area contributed by atoms with Gasteiger partial charge in [0.25, 0.3) is 10.0 Å². The van der Waals surface area contributed by atoms with E-state index in [1.807, 2.05) is 18.4 Å². The lowest BCUT2D eigenvalue weighted by atomic mass is 10.3. The fourth-order valence-electron chi connectivity index (χ4n) is 1.37. The highest BCUT2D eigenvalue weighted by Gasteiger charge is 2.17. The van der Waals surface area contributed by atoms with Crippen LogP contribution in [-0.4, -0.2) is 14.7 Å². The van der Waals surface area contributed by atoms with E-state index >= 15 is 0 Å². The molecule has 0 atom stereocenters. The fourth-order valence-corrected chi connectivity index (χ4v) is 4.55. The molecule has 7 heteroatoms. The number of thioether (sulfide) groups is 1. The zero-order chi connectivity index (χ0) is 13.2. The Balaban J connectivity index is 2.33. The van der Waals surface area contributed by atoms with Crippen molar-refractivity contribution in [2.24, 2.45) is 0 Å². The number of hydrogen-bond acceptors (Lipinski definition) is 4. The van der Waals surface area contributed by atoms with Gasteiger partial charge in [-0.3, -0.25) is 4.72 Å². The number of benzene rings is 1. The molecule has 0 spiro atoms. The number of anilines is 1. The van der Waals surface area contributed by atoms with E-state index < -0.39 is 10.0 Å². The zero-order valence-electron chi connectivity index (χ0n) is 9.38. The van der Waals surface area contributed by atoms with Crippen molar-refractivity contribution < 1.29 is 8.42 Å². The highest BCUT2D eigenvalue weighted by atomic mass is 35.5. The molecular weight excluding hydrogens is 310 g/mol. The van der Waals surface area contributed by atoms with Crippen LogP contribution in [-0.2, 0) is 10.0 Å². The number of rotatable bonds is 4. The standard InChI is InChI=1S/C11H10ClNO2S3/c1-16-9-5-3-2-4-8(9)13-18(14,15)11-7-6-10(12)17-11/h2-7,13H,1H3. The van der Waals surface area contributed by atoms with Crippen molar-refractivity contribution in [1.82, 2.24) is 0 Å². The molecule has 0 radical (unpaired) electrons. The molecule has 18 heavy (non-hydrogen) atoms. The summed E-state index contributed by atoms with van der Waals surface area (Å²) in [4.78, 5) is 0.878. The van der Waals surface area contributed by atoms with Crippen LogP contribution in [0.25, 0.3) is 0 Å². The molecule has 0 aliphatic rings. The zero-order valence-corrected chi connectivity index (χ0v) is 12.6. The van der Waals surface area contributed by atoms with Crippen molar-refractivity contribution in [3.05, 3.63) is 40.7 Å². The second kappa shape index (κ2) is 5.52. The third-order valence-corrected chi connectivity index (χ3v) is 6.05. The van der Waals surface area contributed by atoms with E-state index in [9.17, 15) is 8.42 Å². The molecule has 96 valence electrons. The topological polar surface area (TPSA) is 46.2 Å². The average Bonchev–Trinajstić information content (AvgIpc) is 2.77. The van der Waals surface area contributed by atoms with Crippen molar-refractivity contribution in [3.63, 3.8) is 0 Å². The molecule has 0 aliphatic carbocycles. The van der Waals surface area contributed by atoms with Crippen molar-refractivity contribution in [3.8, 4) is 0 Å². The largest absolute Gasteiger partial charge is 0.278 e. The van der Waals surface area contributed by atoms with Gasteiger partial charge in [-0.05, 0) is 30.5 Å². The summed E-state index contributed by atoms with van der Waals surface area (Å²) in [5.74, 6) is 0. The number of sulfonamides is 1. The summed E-state index contributed by atoms with van der Waals surface area (Å²) in [6.45, 7) is 0. The monoisotopic (exact) mass is 319 g/mol. The Morgan fingerprint density at radius 2 is 1.94 bits per heavy atom. The lowest BCUT2D eigenvalue weighted by molar-refractivity contribution is 0.603. The molecule has 1 N–H and O–H groups in total. The van der Waals surface area contributed by atoms with Crippen LogP contribution in [0, 0.1) is 0 Å².